The first-order valence-electron chi connectivity index (χ1n) is 6.42. The van der Waals surface area contributed by atoms with Gasteiger partial charge < -0.3 is 5.32 Å². The number of rotatable bonds is 7. The van der Waals surface area contributed by atoms with Gasteiger partial charge in [-0.15, -0.1) is 10.2 Å². The molecule has 0 radical (unpaired) electrons. The molecule has 1 N–H and O–H groups in total. The maximum absolute atomic E-state index is 4.22. The number of tetrazole rings is 1. The zero-order valence-corrected chi connectivity index (χ0v) is 11.6. The van der Waals surface area contributed by atoms with Crippen molar-refractivity contribution in [3.8, 4) is 0 Å². The predicted octanol–water partition coefficient (Wildman–Crippen LogP) is 1.27. The molecule has 1 heterocycles. The van der Waals surface area contributed by atoms with Gasteiger partial charge in [0, 0.05) is 6.42 Å². The molecule has 0 aliphatic rings. The van der Waals surface area contributed by atoms with Crippen LogP contribution in [-0.2, 0) is 13.5 Å². The van der Waals surface area contributed by atoms with Crippen molar-refractivity contribution in [2.24, 2.45) is 24.8 Å². The molecule has 98 valence electrons. The van der Waals surface area contributed by atoms with Gasteiger partial charge in [0.2, 0.25) is 0 Å². The first kappa shape index (κ1) is 14.1. The lowest BCUT2D eigenvalue weighted by Crippen LogP contribution is -2.29. The van der Waals surface area contributed by atoms with Crippen LogP contribution in [0.2, 0.25) is 0 Å². The van der Waals surface area contributed by atoms with Gasteiger partial charge in [-0.05, 0) is 36.1 Å². The molecule has 0 saturated carbocycles. The van der Waals surface area contributed by atoms with Crippen LogP contribution >= 0.6 is 0 Å². The fraction of sp³-hybridized carbons (Fsp3) is 0.917. The zero-order chi connectivity index (χ0) is 12.8. The molecular weight excluding hydrogens is 214 g/mol. The Morgan fingerprint density at radius 3 is 2.35 bits per heavy atom. The van der Waals surface area contributed by atoms with Crippen molar-refractivity contribution in [1.82, 2.24) is 25.5 Å². The van der Waals surface area contributed by atoms with Gasteiger partial charge >= 0.3 is 0 Å². The minimum atomic E-state index is 0.568. The molecule has 0 fully saturated rings. The van der Waals surface area contributed by atoms with Crippen LogP contribution in [0.1, 0.15) is 33.5 Å². The third-order valence-corrected chi connectivity index (χ3v) is 3.04. The van der Waals surface area contributed by atoms with Crippen molar-refractivity contribution in [3.05, 3.63) is 5.82 Å². The second-order valence-corrected chi connectivity index (χ2v) is 5.41. The summed E-state index contributed by atoms with van der Waals surface area (Å²) in [5, 5.41) is 15.6. The molecule has 17 heavy (non-hydrogen) atoms. The Labute approximate surface area is 104 Å². The average molecular weight is 239 g/mol. The summed E-state index contributed by atoms with van der Waals surface area (Å²) in [4.78, 5) is 1.52. The molecule has 0 aliphatic heterocycles. The average Bonchev–Trinajstić information content (AvgIpc) is 2.63. The van der Waals surface area contributed by atoms with E-state index in [1.165, 1.54) is 4.80 Å². The summed E-state index contributed by atoms with van der Waals surface area (Å²) in [7, 11) is 1.80. The summed E-state index contributed by atoms with van der Waals surface area (Å²) in [5.74, 6) is 2.74. The van der Waals surface area contributed by atoms with Gasteiger partial charge in [0.25, 0.3) is 0 Å². The van der Waals surface area contributed by atoms with Gasteiger partial charge in [-0.3, -0.25) is 0 Å². The van der Waals surface area contributed by atoms with E-state index < -0.39 is 0 Å². The number of aromatic nitrogens is 4. The smallest absolute Gasteiger partial charge is 0.175 e. The highest BCUT2D eigenvalue weighted by molar-refractivity contribution is 4.81. The molecule has 0 aromatic carbocycles. The summed E-state index contributed by atoms with van der Waals surface area (Å²) in [6.07, 6.45) is 0.901. The van der Waals surface area contributed by atoms with Crippen molar-refractivity contribution in [2.45, 2.75) is 34.1 Å². The van der Waals surface area contributed by atoms with Crippen molar-refractivity contribution in [2.75, 3.05) is 13.1 Å². The van der Waals surface area contributed by atoms with Crippen molar-refractivity contribution >= 4 is 0 Å². The van der Waals surface area contributed by atoms with E-state index >= 15 is 0 Å². The van der Waals surface area contributed by atoms with Crippen LogP contribution in [0.5, 0.6) is 0 Å². The second kappa shape index (κ2) is 6.69. The van der Waals surface area contributed by atoms with E-state index in [9.17, 15) is 0 Å². The number of nitrogens with zero attached hydrogens (tertiary/aromatic N) is 4. The van der Waals surface area contributed by atoms with E-state index in [0.717, 1.165) is 25.3 Å². The number of aryl methyl sites for hydroxylation is 1. The Bertz CT molecular complexity index is 320. The van der Waals surface area contributed by atoms with Crippen LogP contribution in [-0.4, -0.2) is 33.3 Å². The summed E-state index contributed by atoms with van der Waals surface area (Å²) in [5.41, 5.74) is 0. The quantitative estimate of drug-likeness (QED) is 0.778. The predicted molar refractivity (Wildman–Crippen MR) is 68.5 cm³/mol. The molecule has 0 saturated heterocycles. The summed E-state index contributed by atoms with van der Waals surface area (Å²) >= 11 is 0. The number of nitrogens with one attached hydrogen (secondary N) is 1. The molecule has 0 bridgehead atoms. The van der Waals surface area contributed by atoms with E-state index in [0.29, 0.717) is 17.8 Å². The molecule has 1 aromatic rings. The third-order valence-electron chi connectivity index (χ3n) is 3.04. The van der Waals surface area contributed by atoms with Crippen LogP contribution < -0.4 is 5.32 Å². The molecule has 1 rings (SSSR count). The van der Waals surface area contributed by atoms with Gasteiger partial charge in [0.05, 0.1) is 7.05 Å². The normalized spacial score (nSPS) is 15.2. The SMILES string of the molecule is CC(C)CNCC(C)C(C)Cc1nnn(C)n1. The Morgan fingerprint density at radius 2 is 1.82 bits per heavy atom. The lowest BCUT2D eigenvalue weighted by atomic mass is 9.92. The second-order valence-electron chi connectivity index (χ2n) is 5.41. The van der Waals surface area contributed by atoms with E-state index in [4.69, 9.17) is 0 Å². The third kappa shape index (κ3) is 5.26. The minimum Gasteiger partial charge on any atom is -0.316 e. The molecule has 0 amide bonds. The Hall–Kier alpha value is -0.970. The molecule has 5 nitrogen and oxygen atoms in total. The van der Waals surface area contributed by atoms with Crippen LogP contribution in [0.3, 0.4) is 0 Å². The molecular formula is C12H25N5. The highest BCUT2D eigenvalue weighted by Crippen LogP contribution is 2.14. The topological polar surface area (TPSA) is 55.6 Å². The summed E-state index contributed by atoms with van der Waals surface area (Å²) in [6, 6.07) is 0. The number of hydrogen-bond acceptors (Lipinski definition) is 4. The fourth-order valence-electron chi connectivity index (χ4n) is 1.70. The van der Waals surface area contributed by atoms with Gasteiger partial charge in [0.15, 0.2) is 5.82 Å². The van der Waals surface area contributed by atoms with Crippen LogP contribution in [0.15, 0.2) is 0 Å². The van der Waals surface area contributed by atoms with E-state index in [-0.39, 0.29) is 0 Å². The van der Waals surface area contributed by atoms with E-state index in [1.54, 1.807) is 7.05 Å². The lowest BCUT2D eigenvalue weighted by Gasteiger charge is -2.19. The Balaban J connectivity index is 2.29. The molecule has 0 aliphatic carbocycles. The van der Waals surface area contributed by atoms with Crippen molar-refractivity contribution in [1.29, 1.82) is 0 Å². The highest BCUT2D eigenvalue weighted by Gasteiger charge is 2.15. The van der Waals surface area contributed by atoms with Gasteiger partial charge in [-0.25, -0.2) is 0 Å². The highest BCUT2D eigenvalue weighted by atomic mass is 15.6. The summed E-state index contributed by atoms with van der Waals surface area (Å²) in [6.45, 7) is 11.1. The molecule has 2 atom stereocenters. The largest absolute Gasteiger partial charge is 0.316 e. The van der Waals surface area contributed by atoms with Gasteiger partial charge in [-0.1, -0.05) is 27.7 Å². The molecule has 5 heteroatoms. The summed E-state index contributed by atoms with van der Waals surface area (Å²) < 4.78 is 0. The molecule has 1 aromatic heterocycles. The Kier molecular flexibility index (Phi) is 5.55. The first-order valence-corrected chi connectivity index (χ1v) is 6.42. The maximum atomic E-state index is 4.22. The van der Waals surface area contributed by atoms with Crippen LogP contribution in [0, 0.1) is 17.8 Å². The van der Waals surface area contributed by atoms with Crippen molar-refractivity contribution < 1.29 is 0 Å². The standard InChI is InChI=1S/C12H25N5/c1-9(2)7-13-8-11(4)10(3)6-12-14-16-17(5)15-12/h9-11,13H,6-8H2,1-5H3. The molecule has 2 unspecified atom stereocenters. The van der Waals surface area contributed by atoms with Gasteiger partial charge in [0.1, 0.15) is 0 Å². The fourth-order valence-corrected chi connectivity index (χ4v) is 1.70. The first-order chi connectivity index (χ1) is 7.99. The number of hydrogen-bond donors (Lipinski definition) is 1. The zero-order valence-electron chi connectivity index (χ0n) is 11.6. The lowest BCUT2D eigenvalue weighted by molar-refractivity contribution is 0.352. The monoisotopic (exact) mass is 239 g/mol. The van der Waals surface area contributed by atoms with E-state index in [1.807, 2.05) is 0 Å². The van der Waals surface area contributed by atoms with Crippen LogP contribution in [0.25, 0.3) is 0 Å². The van der Waals surface area contributed by atoms with Crippen molar-refractivity contribution in [3.63, 3.8) is 0 Å². The Morgan fingerprint density at radius 1 is 1.12 bits per heavy atom. The maximum Gasteiger partial charge on any atom is 0.175 e. The van der Waals surface area contributed by atoms with E-state index in [2.05, 4.69) is 48.4 Å². The minimum absolute atomic E-state index is 0.568. The molecule has 0 spiro atoms. The van der Waals surface area contributed by atoms with Crippen LogP contribution in [0.4, 0.5) is 0 Å². The van der Waals surface area contributed by atoms with Gasteiger partial charge in [-0.2, -0.15) is 4.80 Å².